The molecule has 0 amide bonds. The summed E-state index contributed by atoms with van der Waals surface area (Å²) in [5, 5.41) is 15.1. The first-order chi connectivity index (χ1) is 13.3. The number of fused-ring (bicyclic) bond motifs is 1. The molecule has 0 saturated carbocycles. The Morgan fingerprint density at radius 1 is 1.07 bits per heavy atom. The van der Waals surface area contributed by atoms with E-state index in [0.717, 1.165) is 49.1 Å². The van der Waals surface area contributed by atoms with E-state index in [9.17, 15) is 0 Å². The summed E-state index contributed by atoms with van der Waals surface area (Å²) in [7, 11) is 1.68. The Morgan fingerprint density at radius 3 is 2.70 bits per heavy atom. The topological polar surface area (TPSA) is 75.8 Å². The highest BCUT2D eigenvalue weighted by Gasteiger charge is 2.04. The minimum atomic E-state index is 0.646. The first-order valence-electron chi connectivity index (χ1n) is 9.24. The second-order valence-electron chi connectivity index (χ2n) is 6.08. The van der Waals surface area contributed by atoms with Crippen molar-refractivity contribution < 1.29 is 4.74 Å². The molecule has 0 radical (unpaired) electrons. The zero-order valence-corrected chi connectivity index (χ0v) is 15.9. The van der Waals surface area contributed by atoms with Crippen LogP contribution in [-0.4, -0.2) is 47.3 Å². The van der Waals surface area contributed by atoms with Crippen LogP contribution in [0.1, 0.15) is 18.3 Å². The van der Waals surface area contributed by atoms with Gasteiger partial charge in [0.1, 0.15) is 11.6 Å². The van der Waals surface area contributed by atoms with Crippen molar-refractivity contribution in [1.29, 1.82) is 0 Å². The van der Waals surface area contributed by atoms with Crippen LogP contribution in [0.3, 0.4) is 0 Å². The van der Waals surface area contributed by atoms with Crippen molar-refractivity contribution in [2.45, 2.75) is 19.8 Å². The highest BCUT2D eigenvalue weighted by molar-refractivity contribution is 5.79. The van der Waals surface area contributed by atoms with Gasteiger partial charge in [-0.2, -0.15) is 0 Å². The maximum Gasteiger partial charge on any atom is 0.191 e. The average Bonchev–Trinajstić information content (AvgIpc) is 3.12. The molecule has 0 atom stereocenters. The van der Waals surface area contributed by atoms with Crippen LogP contribution in [0.25, 0.3) is 5.65 Å². The van der Waals surface area contributed by atoms with Crippen LogP contribution in [-0.2, 0) is 12.8 Å². The van der Waals surface area contributed by atoms with Crippen molar-refractivity contribution >= 4 is 11.6 Å². The monoisotopic (exact) mass is 366 g/mol. The molecule has 0 bridgehead atoms. The lowest BCUT2D eigenvalue weighted by Crippen LogP contribution is -2.38. The third-order valence-electron chi connectivity index (χ3n) is 4.20. The van der Waals surface area contributed by atoms with Gasteiger partial charge in [0, 0.05) is 32.3 Å². The van der Waals surface area contributed by atoms with Crippen LogP contribution in [0.15, 0.2) is 53.7 Å². The minimum absolute atomic E-state index is 0.646. The molecule has 0 saturated heterocycles. The standard InChI is InChI=1S/C20H26N6O/c1-3-21-20(22-13-11-16-7-9-17(27-2)10-8-16)23-14-12-19-25-24-18-6-4-5-15-26(18)19/h4-10,15H,3,11-14H2,1-2H3,(H2,21,22,23). The summed E-state index contributed by atoms with van der Waals surface area (Å²) >= 11 is 0. The molecule has 7 heteroatoms. The number of hydrogen-bond acceptors (Lipinski definition) is 4. The van der Waals surface area contributed by atoms with E-state index in [0.29, 0.717) is 6.54 Å². The van der Waals surface area contributed by atoms with E-state index in [1.54, 1.807) is 7.11 Å². The van der Waals surface area contributed by atoms with E-state index < -0.39 is 0 Å². The molecule has 0 unspecified atom stereocenters. The molecule has 0 spiro atoms. The second kappa shape index (κ2) is 9.56. The van der Waals surface area contributed by atoms with Gasteiger partial charge >= 0.3 is 0 Å². The van der Waals surface area contributed by atoms with E-state index in [1.165, 1.54) is 5.56 Å². The Morgan fingerprint density at radius 2 is 1.93 bits per heavy atom. The predicted octanol–water partition coefficient (Wildman–Crippen LogP) is 2.08. The Labute approximate surface area is 159 Å². The van der Waals surface area contributed by atoms with E-state index >= 15 is 0 Å². The van der Waals surface area contributed by atoms with Crippen LogP contribution in [0.4, 0.5) is 0 Å². The number of pyridine rings is 1. The number of hydrogen-bond donors (Lipinski definition) is 2. The Kier molecular flexibility index (Phi) is 6.62. The van der Waals surface area contributed by atoms with Crippen molar-refractivity contribution in [2.75, 3.05) is 26.7 Å². The maximum absolute atomic E-state index is 5.19. The van der Waals surface area contributed by atoms with E-state index in [2.05, 4.69) is 44.9 Å². The van der Waals surface area contributed by atoms with Crippen LogP contribution in [0.2, 0.25) is 0 Å². The van der Waals surface area contributed by atoms with Crippen molar-refractivity contribution in [2.24, 2.45) is 4.99 Å². The molecule has 7 nitrogen and oxygen atoms in total. The van der Waals surface area contributed by atoms with Crippen molar-refractivity contribution in [3.05, 3.63) is 60.0 Å². The maximum atomic E-state index is 5.19. The molecule has 3 aromatic rings. The fraction of sp³-hybridized carbons (Fsp3) is 0.350. The molecular formula is C20H26N6O. The fourth-order valence-corrected chi connectivity index (χ4v) is 2.79. The predicted molar refractivity (Wildman–Crippen MR) is 107 cm³/mol. The van der Waals surface area contributed by atoms with E-state index in [4.69, 9.17) is 4.74 Å². The first-order valence-corrected chi connectivity index (χ1v) is 9.24. The average molecular weight is 366 g/mol. The normalized spacial score (nSPS) is 11.6. The van der Waals surface area contributed by atoms with Crippen LogP contribution in [0.5, 0.6) is 5.75 Å². The van der Waals surface area contributed by atoms with Gasteiger partial charge in [-0.1, -0.05) is 18.2 Å². The van der Waals surface area contributed by atoms with Crippen LogP contribution in [0, 0.1) is 0 Å². The number of guanidine groups is 1. The number of methoxy groups -OCH3 is 1. The highest BCUT2D eigenvalue weighted by atomic mass is 16.5. The fourth-order valence-electron chi connectivity index (χ4n) is 2.79. The number of aliphatic imine (C=N–C) groups is 1. The highest BCUT2D eigenvalue weighted by Crippen LogP contribution is 2.11. The van der Waals surface area contributed by atoms with Gasteiger partial charge in [0.15, 0.2) is 11.6 Å². The number of nitrogens with zero attached hydrogens (tertiary/aromatic N) is 4. The molecule has 2 N–H and O–H groups in total. The third-order valence-corrected chi connectivity index (χ3v) is 4.20. The van der Waals surface area contributed by atoms with Gasteiger partial charge in [0.25, 0.3) is 0 Å². The van der Waals surface area contributed by atoms with Gasteiger partial charge in [-0.25, -0.2) is 0 Å². The van der Waals surface area contributed by atoms with Crippen LogP contribution >= 0.6 is 0 Å². The summed E-state index contributed by atoms with van der Waals surface area (Å²) in [5.41, 5.74) is 2.12. The van der Waals surface area contributed by atoms with Gasteiger partial charge in [0.05, 0.1) is 7.11 Å². The summed E-state index contributed by atoms with van der Waals surface area (Å²) in [5.74, 6) is 2.62. The van der Waals surface area contributed by atoms with Crippen molar-refractivity contribution in [1.82, 2.24) is 25.2 Å². The molecule has 0 fully saturated rings. The summed E-state index contributed by atoms with van der Waals surface area (Å²) in [6.45, 7) is 4.34. The molecule has 27 heavy (non-hydrogen) atoms. The molecule has 1 aromatic carbocycles. The van der Waals surface area contributed by atoms with Gasteiger partial charge in [-0.3, -0.25) is 9.39 Å². The van der Waals surface area contributed by atoms with E-state index in [-0.39, 0.29) is 0 Å². The molecule has 0 aliphatic rings. The lowest BCUT2D eigenvalue weighted by molar-refractivity contribution is 0.414. The number of nitrogens with one attached hydrogen (secondary N) is 2. The van der Waals surface area contributed by atoms with Crippen molar-refractivity contribution in [3.8, 4) is 5.75 Å². The number of aromatic nitrogens is 3. The van der Waals surface area contributed by atoms with Gasteiger partial charge in [-0.15, -0.1) is 10.2 Å². The summed E-state index contributed by atoms with van der Waals surface area (Å²) < 4.78 is 7.19. The lowest BCUT2D eigenvalue weighted by atomic mass is 10.1. The van der Waals surface area contributed by atoms with Gasteiger partial charge in [-0.05, 0) is 43.2 Å². The minimum Gasteiger partial charge on any atom is -0.497 e. The third kappa shape index (κ3) is 5.20. The first kappa shape index (κ1) is 18.7. The Bertz CT molecular complexity index is 872. The molecule has 2 heterocycles. The molecular weight excluding hydrogens is 340 g/mol. The zero-order chi connectivity index (χ0) is 18.9. The number of ether oxygens (including phenoxy) is 1. The summed E-state index contributed by atoms with van der Waals surface area (Å²) in [6.07, 6.45) is 3.64. The SMILES string of the molecule is CCNC(=NCCc1nnc2ccccn12)NCCc1ccc(OC)cc1. The number of rotatable bonds is 8. The van der Waals surface area contributed by atoms with E-state index in [1.807, 2.05) is 40.9 Å². The van der Waals surface area contributed by atoms with Gasteiger partial charge in [0.2, 0.25) is 0 Å². The molecule has 0 aliphatic carbocycles. The van der Waals surface area contributed by atoms with Gasteiger partial charge < -0.3 is 15.4 Å². The molecule has 2 aromatic heterocycles. The molecule has 0 aliphatic heterocycles. The lowest BCUT2D eigenvalue weighted by Gasteiger charge is -2.11. The zero-order valence-electron chi connectivity index (χ0n) is 15.9. The largest absolute Gasteiger partial charge is 0.497 e. The molecule has 142 valence electrons. The quantitative estimate of drug-likeness (QED) is 0.472. The number of benzene rings is 1. The Balaban J connectivity index is 1.51. The Hall–Kier alpha value is -3.09. The summed E-state index contributed by atoms with van der Waals surface area (Å²) in [4.78, 5) is 4.65. The molecule has 3 rings (SSSR count). The second-order valence-corrected chi connectivity index (χ2v) is 6.08. The van der Waals surface area contributed by atoms with Crippen LogP contribution < -0.4 is 15.4 Å². The smallest absolute Gasteiger partial charge is 0.191 e. The van der Waals surface area contributed by atoms with Crippen molar-refractivity contribution in [3.63, 3.8) is 0 Å². The summed E-state index contributed by atoms with van der Waals surface area (Å²) in [6, 6.07) is 14.0.